The summed E-state index contributed by atoms with van der Waals surface area (Å²) in [6, 6.07) is 9.70. The molecule has 160 valence electrons. The summed E-state index contributed by atoms with van der Waals surface area (Å²) in [6.07, 6.45) is 0. The lowest BCUT2D eigenvalue weighted by Gasteiger charge is -2.36. The van der Waals surface area contributed by atoms with Crippen LogP contribution in [0.5, 0.6) is 0 Å². The van der Waals surface area contributed by atoms with Crippen LogP contribution in [-0.4, -0.2) is 51.4 Å². The van der Waals surface area contributed by atoms with Crippen LogP contribution in [0.15, 0.2) is 41.2 Å². The summed E-state index contributed by atoms with van der Waals surface area (Å²) in [4.78, 5) is 50.4. The molecule has 1 amide bonds. The number of para-hydroxylation sites is 1. The maximum Gasteiger partial charge on any atom is 0.357 e. The van der Waals surface area contributed by atoms with Crippen LogP contribution in [0.3, 0.4) is 0 Å². The van der Waals surface area contributed by atoms with E-state index in [9.17, 15) is 29.8 Å². The first-order valence-corrected chi connectivity index (χ1v) is 10.2. The minimum Gasteiger partial charge on any atom is -0.362 e. The average Bonchev–Trinajstić information content (AvgIpc) is 3.26. The molecule has 0 N–H and O–H groups in total. The van der Waals surface area contributed by atoms with Crippen molar-refractivity contribution in [3.05, 3.63) is 71.9 Å². The minimum absolute atomic E-state index is 0.107. The van der Waals surface area contributed by atoms with Crippen LogP contribution >= 0.6 is 11.3 Å². The zero-order valence-corrected chi connectivity index (χ0v) is 17.2. The highest BCUT2D eigenvalue weighted by molar-refractivity contribution is 7.17. The Hall–Kier alpha value is -3.80. The van der Waals surface area contributed by atoms with Gasteiger partial charge in [-0.15, -0.1) is 0 Å². The molecule has 0 spiro atoms. The monoisotopic (exact) mass is 443 g/mol. The number of carbonyl (C=O) groups excluding carboxylic acids is 1. The number of nitrogens with zero attached hydrogens (tertiary/aromatic N) is 5. The van der Waals surface area contributed by atoms with Gasteiger partial charge >= 0.3 is 16.2 Å². The summed E-state index contributed by atoms with van der Waals surface area (Å²) in [5.41, 5.74) is -0.349. The number of piperazine rings is 1. The Kier molecular flexibility index (Phi) is 5.15. The van der Waals surface area contributed by atoms with Gasteiger partial charge in [0.25, 0.3) is 5.91 Å². The number of amides is 1. The molecule has 1 aromatic carbocycles. The van der Waals surface area contributed by atoms with Crippen LogP contribution in [0.4, 0.5) is 16.4 Å². The Morgan fingerprint density at radius 1 is 1.00 bits per heavy atom. The average molecular weight is 443 g/mol. The van der Waals surface area contributed by atoms with E-state index in [1.165, 1.54) is 23.7 Å². The largest absolute Gasteiger partial charge is 0.362 e. The molecule has 0 radical (unpaired) electrons. The SMILES string of the molecule is Cn1c(=O)c([N+](=O)[O-])c(N2CCN(C(=O)c3ccc([N+](=O)[O-])s3)CC2)c2ccccc21. The van der Waals surface area contributed by atoms with E-state index in [0.717, 1.165) is 11.3 Å². The molecule has 12 heteroatoms. The number of rotatable bonds is 4. The fourth-order valence-corrected chi connectivity index (χ4v) is 4.57. The van der Waals surface area contributed by atoms with Gasteiger partial charge < -0.3 is 14.4 Å². The quantitative estimate of drug-likeness (QED) is 0.447. The van der Waals surface area contributed by atoms with Crippen molar-refractivity contribution in [2.24, 2.45) is 7.05 Å². The van der Waals surface area contributed by atoms with Crippen LogP contribution in [0, 0.1) is 20.2 Å². The predicted molar refractivity (Wildman–Crippen MR) is 115 cm³/mol. The Bertz CT molecular complexity index is 1270. The highest BCUT2D eigenvalue weighted by Crippen LogP contribution is 2.34. The lowest BCUT2D eigenvalue weighted by molar-refractivity contribution is -0.385. The first-order chi connectivity index (χ1) is 14.8. The predicted octanol–water partition coefficient (Wildman–Crippen LogP) is 2.38. The lowest BCUT2D eigenvalue weighted by atomic mass is 10.1. The van der Waals surface area contributed by atoms with E-state index in [4.69, 9.17) is 0 Å². The van der Waals surface area contributed by atoms with Crippen molar-refractivity contribution < 1.29 is 14.6 Å². The number of carbonyl (C=O) groups is 1. The zero-order valence-electron chi connectivity index (χ0n) is 16.4. The van der Waals surface area contributed by atoms with Crippen molar-refractivity contribution in [2.75, 3.05) is 31.1 Å². The number of pyridine rings is 1. The molecule has 3 heterocycles. The molecule has 0 atom stereocenters. The van der Waals surface area contributed by atoms with E-state index in [2.05, 4.69) is 0 Å². The number of aryl methyl sites for hydroxylation is 1. The molecule has 0 bridgehead atoms. The molecule has 4 rings (SSSR count). The summed E-state index contributed by atoms with van der Waals surface area (Å²) >= 11 is 0.814. The minimum atomic E-state index is -0.692. The molecule has 11 nitrogen and oxygen atoms in total. The maximum absolute atomic E-state index is 12.7. The maximum atomic E-state index is 12.7. The van der Waals surface area contributed by atoms with Gasteiger partial charge in [-0.3, -0.25) is 29.8 Å². The fourth-order valence-electron chi connectivity index (χ4n) is 3.78. The van der Waals surface area contributed by atoms with Crippen LogP contribution in [0.1, 0.15) is 9.67 Å². The van der Waals surface area contributed by atoms with Crippen molar-refractivity contribution in [3.63, 3.8) is 0 Å². The van der Waals surface area contributed by atoms with Gasteiger partial charge in [-0.05, 0) is 12.1 Å². The number of fused-ring (bicyclic) bond motifs is 1. The first-order valence-electron chi connectivity index (χ1n) is 9.34. The van der Waals surface area contributed by atoms with E-state index in [-0.39, 0.29) is 47.7 Å². The molecule has 1 aliphatic heterocycles. The summed E-state index contributed by atoms with van der Waals surface area (Å²) in [7, 11) is 1.50. The number of thiophene rings is 1. The third kappa shape index (κ3) is 3.50. The molecule has 0 aliphatic carbocycles. The standard InChI is InChI=1S/C19H17N5O6S/c1-20-13-5-3-2-4-12(13)16(17(19(20)26)24(29)30)21-8-10-22(11-9-21)18(25)14-6-7-15(31-14)23(27)28/h2-7H,8-11H2,1H3. The number of hydrogen-bond acceptors (Lipinski definition) is 8. The summed E-state index contributed by atoms with van der Waals surface area (Å²) in [5, 5.41) is 23.1. The van der Waals surface area contributed by atoms with E-state index in [0.29, 0.717) is 10.9 Å². The molecular weight excluding hydrogens is 426 g/mol. The number of nitro groups is 2. The van der Waals surface area contributed by atoms with Gasteiger partial charge in [-0.2, -0.15) is 0 Å². The molecule has 0 unspecified atom stereocenters. The van der Waals surface area contributed by atoms with E-state index >= 15 is 0 Å². The van der Waals surface area contributed by atoms with E-state index < -0.39 is 21.1 Å². The van der Waals surface area contributed by atoms with Gasteiger partial charge in [0.15, 0.2) is 0 Å². The third-order valence-corrected chi connectivity index (χ3v) is 6.33. The molecule has 1 saturated heterocycles. The van der Waals surface area contributed by atoms with Crippen molar-refractivity contribution in [2.45, 2.75) is 0 Å². The fraction of sp³-hybridized carbons (Fsp3) is 0.263. The van der Waals surface area contributed by atoms with Crippen molar-refractivity contribution in [1.82, 2.24) is 9.47 Å². The summed E-state index contributed by atoms with van der Waals surface area (Å²) < 4.78 is 1.26. The van der Waals surface area contributed by atoms with Gasteiger partial charge in [0.2, 0.25) is 0 Å². The second-order valence-corrected chi connectivity index (χ2v) is 8.07. The highest BCUT2D eigenvalue weighted by atomic mass is 32.1. The number of hydrogen-bond donors (Lipinski definition) is 0. The molecule has 3 aromatic rings. The van der Waals surface area contributed by atoms with Crippen LogP contribution < -0.4 is 10.5 Å². The zero-order chi connectivity index (χ0) is 22.3. The molecule has 2 aromatic heterocycles. The highest BCUT2D eigenvalue weighted by Gasteiger charge is 2.32. The van der Waals surface area contributed by atoms with Gasteiger partial charge in [0, 0.05) is 44.7 Å². The number of anilines is 1. The van der Waals surface area contributed by atoms with Gasteiger partial charge in [0.1, 0.15) is 5.69 Å². The molecule has 31 heavy (non-hydrogen) atoms. The second-order valence-electron chi connectivity index (χ2n) is 7.01. The summed E-state index contributed by atoms with van der Waals surface area (Å²) in [5.74, 6) is -0.318. The molecule has 0 saturated carbocycles. The van der Waals surface area contributed by atoms with Crippen molar-refractivity contribution in [3.8, 4) is 0 Å². The first kappa shape index (κ1) is 20.5. The molecule has 1 fully saturated rings. The lowest BCUT2D eigenvalue weighted by Crippen LogP contribution is -2.49. The molecular formula is C19H17N5O6S. The van der Waals surface area contributed by atoms with Crippen LogP contribution in [0.2, 0.25) is 0 Å². The third-order valence-electron chi connectivity index (χ3n) is 5.30. The van der Waals surface area contributed by atoms with Gasteiger partial charge in [0.05, 0.1) is 20.2 Å². The van der Waals surface area contributed by atoms with Gasteiger partial charge in [-0.1, -0.05) is 29.5 Å². The van der Waals surface area contributed by atoms with E-state index in [1.54, 1.807) is 34.1 Å². The molecule has 1 aliphatic rings. The Morgan fingerprint density at radius 3 is 2.29 bits per heavy atom. The number of benzene rings is 1. The van der Waals surface area contributed by atoms with Crippen molar-refractivity contribution in [1.29, 1.82) is 0 Å². The Balaban J connectivity index is 1.64. The topological polar surface area (TPSA) is 132 Å². The van der Waals surface area contributed by atoms with Crippen LogP contribution in [-0.2, 0) is 7.05 Å². The van der Waals surface area contributed by atoms with Crippen LogP contribution in [0.25, 0.3) is 10.9 Å². The van der Waals surface area contributed by atoms with Gasteiger partial charge in [-0.25, -0.2) is 0 Å². The smallest absolute Gasteiger partial charge is 0.357 e. The Labute approximate surface area is 179 Å². The number of aromatic nitrogens is 1. The van der Waals surface area contributed by atoms with Crippen molar-refractivity contribution >= 4 is 44.5 Å². The normalized spacial score (nSPS) is 14.1. The Morgan fingerprint density at radius 2 is 1.68 bits per heavy atom. The second kappa shape index (κ2) is 7.80. The van der Waals surface area contributed by atoms with E-state index in [1.807, 2.05) is 0 Å². The summed E-state index contributed by atoms with van der Waals surface area (Å²) in [6.45, 7) is 1.12.